The maximum absolute atomic E-state index is 12.7. The smallest absolute Gasteiger partial charge is 0.242 e. The first-order chi connectivity index (χ1) is 13.1. The quantitative estimate of drug-likeness (QED) is 0.730. The zero-order chi connectivity index (χ0) is 19.2. The maximum atomic E-state index is 12.7. The average Bonchev–Trinajstić information content (AvgIpc) is 3.02. The maximum Gasteiger partial charge on any atom is 0.242 e. The number of benzene rings is 1. The molecule has 0 atom stereocenters. The molecule has 1 aliphatic heterocycles. The molecular weight excluding hydrogens is 356 g/mol. The molecule has 0 radical (unpaired) electrons. The minimum absolute atomic E-state index is 0.154. The van der Waals surface area contributed by atoms with E-state index in [0.717, 1.165) is 51.0 Å². The topological polar surface area (TPSA) is 53.9 Å². The van der Waals surface area contributed by atoms with Crippen molar-refractivity contribution < 1.29 is 4.79 Å². The number of aryl methyl sites for hydroxylation is 3. The Morgan fingerprint density at radius 2 is 1.93 bits per heavy atom. The molecule has 2 aromatic rings. The molecule has 1 amide bonds. The fraction of sp³-hybridized carbons (Fsp3) is 0.571. The first-order valence-electron chi connectivity index (χ1n) is 10.0. The summed E-state index contributed by atoms with van der Waals surface area (Å²) >= 11 is 5.29. The number of hydrogen-bond acceptors (Lipinski definition) is 3. The summed E-state index contributed by atoms with van der Waals surface area (Å²) in [5.74, 6) is 1.74. The first kappa shape index (κ1) is 19.8. The van der Waals surface area contributed by atoms with Gasteiger partial charge >= 0.3 is 0 Å². The summed E-state index contributed by atoms with van der Waals surface area (Å²) < 4.78 is 2.39. The Bertz CT molecular complexity index is 800. The molecule has 146 valence electrons. The van der Waals surface area contributed by atoms with Crippen LogP contribution in [0.25, 0.3) is 0 Å². The summed E-state index contributed by atoms with van der Waals surface area (Å²) in [5.41, 5.74) is 2.72. The van der Waals surface area contributed by atoms with Gasteiger partial charge in [-0.05, 0) is 62.7 Å². The molecule has 0 unspecified atom stereocenters. The summed E-state index contributed by atoms with van der Waals surface area (Å²) in [6.45, 7) is 6.24. The van der Waals surface area contributed by atoms with Crippen LogP contribution in [0.1, 0.15) is 49.6 Å². The highest BCUT2D eigenvalue weighted by Crippen LogP contribution is 2.23. The number of nitrogens with zero attached hydrogens (tertiary/aromatic N) is 3. The van der Waals surface area contributed by atoms with Crippen molar-refractivity contribution in [1.82, 2.24) is 19.7 Å². The summed E-state index contributed by atoms with van der Waals surface area (Å²) in [4.78, 5) is 14.7. The second kappa shape index (κ2) is 9.31. The van der Waals surface area contributed by atoms with E-state index in [0.29, 0.717) is 17.2 Å². The number of nitrogens with one attached hydrogen (secondary N) is 1. The molecule has 0 spiro atoms. The molecule has 27 heavy (non-hydrogen) atoms. The zero-order valence-electron chi connectivity index (χ0n) is 16.4. The minimum Gasteiger partial charge on any atom is -0.341 e. The van der Waals surface area contributed by atoms with Crippen LogP contribution in [-0.4, -0.2) is 38.7 Å². The fourth-order valence-corrected chi connectivity index (χ4v) is 3.98. The zero-order valence-corrected chi connectivity index (χ0v) is 17.2. The Labute approximate surface area is 166 Å². The number of rotatable bonds is 7. The lowest BCUT2D eigenvalue weighted by Crippen LogP contribution is -2.40. The molecule has 2 heterocycles. The van der Waals surface area contributed by atoms with Crippen LogP contribution in [0.5, 0.6) is 0 Å². The Hall–Kier alpha value is -1.95. The second-order valence-corrected chi connectivity index (χ2v) is 8.02. The van der Waals surface area contributed by atoms with Gasteiger partial charge in [-0.3, -0.25) is 14.5 Å². The number of hydrogen-bond donors (Lipinski definition) is 1. The molecule has 0 saturated carbocycles. The number of piperidine rings is 1. The predicted octanol–water partition coefficient (Wildman–Crippen LogP) is 4.07. The molecule has 0 aliphatic carbocycles. The van der Waals surface area contributed by atoms with E-state index < -0.39 is 0 Å². The van der Waals surface area contributed by atoms with Gasteiger partial charge in [0.2, 0.25) is 5.91 Å². The third kappa shape index (κ3) is 5.28. The van der Waals surface area contributed by atoms with Crippen LogP contribution in [-0.2, 0) is 24.2 Å². The van der Waals surface area contributed by atoms with Crippen molar-refractivity contribution in [3.05, 3.63) is 46.0 Å². The molecule has 1 N–H and O–H groups in total. The summed E-state index contributed by atoms with van der Waals surface area (Å²) in [6.07, 6.45) is 6.34. The van der Waals surface area contributed by atoms with E-state index in [9.17, 15) is 4.79 Å². The van der Waals surface area contributed by atoms with Crippen molar-refractivity contribution >= 4 is 18.1 Å². The van der Waals surface area contributed by atoms with Crippen molar-refractivity contribution in [1.29, 1.82) is 0 Å². The standard InChI is InChI=1S/C21H30N4OS/c1-3-4-19-22-23-21(27)25(19)15-20(26)24-13-11-18(12-14-24)10-9-17-7-5-16(2)6-8-17/h5-8,18H,3-4,9-15H2,1-2H3,(H,23,27). The third-order valence-corrected chi connectivity index (χ3v) is 5.85. The normalized spacial score (nSPS) is 15.3. The van der Waals surface area contributed by atoms with E-state index in [2.05, 4.69) is 48.3 Å². The second-order valence-electron chi connectivity index (χ2n) is 7.63. The average molecular weight is 387 g/mol. The van der Waals surface area contributed by atoms with Crippen molar-refractivity contribution in [2.45, 2.75) is 58.9 Å². The van der Waals surface area contributed by atoms with Crippen LogP contribution >= 0.6 is 12.2 Å². The van der Waals surface area contributed by atoms with Gasteiger partial charge in [0.15, 0.2) is 4.77 Å². The van der Waals surface area contributed by atoms with Crippen molar-refractivity contribution in [3.63, 3.8) is 0 Å². The number of carbonyl (C=O) groups excluding carboxylic acids is 1. The molecule has 6 heteroatoms. The third-order valence-electron chi connectivity index (χ3n) is 5.53. The minimum atomic E-state index is 0.154. The molecular formula is C21H30N4OS. The van der Waals surface area contributed by atoms with Crippen LogP contribution in [0.3, 0.4) is 0 Å². The molecule has 1 aliphatic rings. The van der Waals surface area contributed by atoms with Gasteiger partial charge in [0.25, 0.3) is 0 Å². The lowest BCUT2D eigenvalue weighted by Gasteiger charge is -2.32. The van der Waals surface area contributed by atoms with Gasteiger partial charge in [-0.1, -0.05) is 36.8 Å². The van der Waals surface area contributed by atoms with Crippen molar-refractivity contribution in [2.75, 3.05) is 13.1 Å². The Morgan fingerprint density at radius 1 is 1.22 bits per heavy atom. The van der Waals surface area contributed by atoms with Gasteiger partial charge in [-0.2, -0.15) is 5.10 Å². The molecule has 1 aromatic heterocycles. The highest BCUT2D eigenvalue weighted by Gasteiger charge is 2.23. The number of carbonyl (C=O) groups is 1. The van der Waals surface area contributed by atoms with Crippen LogP contribution in [0, 0.1) is 17.6 Å². The number of aromatic nitrogens is 3. The van der Waals surface area contributed by atoms with Gasteiger partial charge in [0.1, 0.15) is 12.4 Å². The monoisotopic (exact) mass is 386 g/mol. The van der Waals surface area contributed by atoms with E-state index >= 15 is 0 Å². The summed E-state index contributed by atoms with van der Waals surface area (Å²) in [5, 5.41) is 7.07. The molecule has 3 rings (SSSR count). The molecule has 1 saturated heterocycles. The first-order valence-corrected chi connectivity index (χ1v) is 10.4. The highest BCUT2D eigenvalue weighted by molar-refractivity contribution is 7.71. The fourth-order valence-electron chi connectivity index (χ4n) is 3.76. The van der Waals surface area contributed by atoms with Gasteiger partial charge in [0.05, 0.1) is 0 Å². The van der Waals surface area contributed by atoms with E-state index in [1.807, 2.05) is 9.47 Å². The molecule has 1 fully saturated rings. The highest BCUT2D eigenvalue weighted by atomic mass is 32.1. The van der Waals surface area contributed by atoms with Gasteiger partial charge in [-0.15, -0.1) is 0 Å². The largest absolute Gasteiger partial charge is 0.341 e. The van der Waals surface area contributed by atoms with Crippen LogP contribution in [0.15, 0.2) is 24.3 Å². The van der Waals surface area contributed by atoms with Crippen LogP contribution in [0.2, 0.25) is 0 Å². The van der Waals surface area contributed by atoms with E-state index in [-0.39, 0.29) is 5.91 Å². The Balaban J connectivity index is 1.47. The molecule has 1 aromatic carbocycles. The lowest BCUT2D eigenvalue weighted by molar-refractivity contribution is -0.133. The summed E-state index contributed by atoms with van der Waals surface area (Å²) in [7, 11) is 0. The predicted molar refractivity (Wildman–Crippen MR) is 110 cm³/mol. The van der Waals surface area contributed by atoms with Gasteiger partial charge < -0.3 is 4.90 Å². The van der Waals surface area contributed by atoms with Crippen LogP contribution < -0.4 is 0 Å². The lowest BCUT2D eigenvalue weighted by atomic mass is 9.90. The van der Waals surface area contributed by atoms with Gasteiger partial charge in [-0.25, -0.2) is 0 Å². The number of aromatic amines is 1. The van der Waals surface area contributed by atoms with E-state index in [1.54, 1.807) is 0 Å². The van der Waals surface area contributed by atoms with Crippen LogP contribution in [0.4, 0.5) is 0 Å². The number of likely N-dealkylation sites (tertiary alicyclic amines) is 1. The van der Waals surface area contributed by atoms with Crippen molar-refractivity contribution in [3.8, 4) is 0 Å². The number of amides is 1. The SMILES string of the molecule is CCCc1n[nH]c(=S)n1CC(=O)N1CCC(CCc2ccc(C)cc2)CC1. The number of H-pyrrole nitrogens is 1. The van der Waals surface area contributed by atoms with E-state index in [4.69, 9.17) is 12.2 Å². The molecule has 0 bridgehead atoms. The Morgan fingerprint density at radius 3 is 2.59 bits per heavy atom. The molecule has 5 nitrogen and oxygen atoms in total. The van der Waals surface area contributed by atoms with Gasteiger partial charge in [0, 0.05) is 19.5 Å². The van der Waals surface area contributed by atoms with E-state index in [1.165, 1.54) is 17.5 Å². The van der Waals surface area contributed by atoms with Crippen molar-refractivity contribution in [2.24, 2.45) is 5.92 Å². The summed E-state index contributed by atoms with van der Waals surface area (Å²) in [6, 6.07) is 8.83. The Kier molecular flexibility index (Phi) is 6.83.